The Morgan fingerprint density at radius 1 is 1.26 bits per heavy atom. The Bertz CT molecular complexity index is 1250. The average Bonchev–Trinajstić information content (AvgIpc) is 3.58. The molecule has 10 heteroatoms. The minimum atomic E-state index is -4.91. The van der Waals surface area contributed by atoms with Gasteiger partial charge in [0.2, 0.25) is 5.43 Å². The molecule has 4 rings (SSSR count). The average molecular weight is 450 g/mol. The fourth-order valence-electron chi connectivity index (χ4n) is 3.24. The quantitative estimate of drug-likeness (QED) is 0.547. The summed E-state index contributed by atoms with van der Waals surface area (Å²) < 4.78 is 61.0. The summed E-state index contributed by atoms with van der Waals surface area (Å²) in [4.78, 5) is 29.3. The van der Waals surface area contributed by atoms with Crippen molar-refractivity contribution >= 4 is 27.8 Å². The summed E-state index contributed by atoms with van der Waals surface area (Å²) in [5.41, 5.74) is -2.57. The SMILES string of the molecule is CCOC(=O)c1cn(C2CC2)c2nc(S(=O)c3ccccc3)c(C(F)(F)F)cc2c1=O. The predicted molar refractivity (Wildman–Crippen MR) is 106 cm³/mol. The van der Waals surface area contributed by atoms with E-state index < -0.39 is 39.0 Å². The number of hydrogen-bond acceptors (Lipinski definition) is 5. The summed E-state index contributed by atoms with van der Waals surface area (Å²) in [7, 11) is -2.22. The molecule has 0 amide bonds. The molecule has 1 fully saturated rings. The maximum atomic E-state index is 13.9. The first-order valence-corrected chi connectivity index (χ1v) is 10.7. The van der Waals surface area contributed by atoms with Crippen molar-refractivity contribution in [3.05, 3.63) is 63.9 Å². The highest BCUT2D eigenvalue weighted by molar-refractivity contribution is 7.85. The summed E-state index contributed by atoms with van der Waals surface area (Å²) in [6.07, 6.45) is -2.19. The summed E-state index contributed by atoms with van der Waals surface area (Å²) in [6, 6.07) is 8.20. The fraction of sp³-hybridized carbons (Fsp3) is 0.286. The number of aromatic nitrogens is 2. The standard InChI is InChI=1S/C21H17F3N2O4S/c1-2-30-20(28)15-11-26(12-8-9-12)18-14(17(15)27)10-16(21(22,23)24)19(25-18)31(29)13-6-4-3-5-7-13/h3-7,10-12H,2,8-9H2,1H3. The van der Waals surface area contributed by atoms with Gasteiger partial charge in [0.15, 0.2) is 0 Å². The number of nitrogens with zero attached hydrogens (tertiary/aromatic N) is 2. The number of esters is 1. The number of carbonyl (C=O) groups excluding carboxylic acids is 1. The van der Waals surface area contributed by atoms with Crippen molar-refractivity contribution in [1.82, 2.24) is 9.55 Å². The molecule has 0 N–H and O–H groups in total. The molecule has 3 aromatic rings. The molecular formula is C21H17F3N2O4S. The van der Waals surface area contributed by atoms with Gasteiger partial charge in [0.25, 0.3) is 0 Å². The number of pyridine rings is 2. The molecule has 1 aliphatic carbocycles. The molecule has 0 aliphatic heterocycles. The Morgan fingerprint density at radius 2 is 1.94 bits per heavy atom. The Kier molecular flexibility index (Phi) is 5.42. The number of alkyl halides is 3. The van der Waals surface area contributed by atoms with Gasteiger partial charge in [-0.3, -0.25) is 4.79 Å². The summed E-state index contributed by atoms with van der Waals surface area (Å²) in [5.74, 6) is -0.908. The maximum absolute atomic E-state index is 13.9. The van der Waals surface area contributed by atoms with Gasteiger partial charge in [-0.1, -0.05) is 18.2 Å². The lowest BCUT2D eigenvalue weighted by Crippen LogP contribution is -2.23. The van der Waals surface area contributed by atoms with E-state index in [1.165, 1.54) is 22.9 Å². The van der Waals surface area contributed by atoms with Crippen molar-refractivity contribution in [3.63, 3.8) is 0 Å². The van der Waals surface area contributed by atoms with Crippen LogP contribution >= 0.6 is 0 Å². The van der Waals surface area contributed by atoms with Gasteiger partial charge in [-0.05, 0) is 38.0 Å². The van der Waals surface area contributed by atoms with Crippen molar-refractivity contribution in [2.75, 3.05) is 6.61 Å². The van der Waals surface area contributed by atoms with E-state index in [1.54, 1.807) is 25.1 Å². The van der Waals surface area contributed by atoms with Gasteiger partial charge >= 0.3 is 12.1 Å². The van der Waals surface area contributed by atoms with Crippen LogP contribution in [0.3, 0.4) is 0 Å². The minimum Gasteiger partial charge on any atom is -0.462 e. The minimum absolute atomic E-state index is 0.0147. The molecule has 0 spiro atoms. The number of halogens is 3. The number of carbonyl (C=O) groups is 1. The van der Waals surface area contributed by atoms with E-state index in [1.807, 2.05) is 0 Å². The zero-order chi connectivity index (χ0) is 22.3. The van der Waals surface area contributed by atoms with Gasteiger partial charge < -0.3 is 9.30 Å². The fourth-order valence-corrected chi connectivity index (χ4v) is 4.41. The Hall–Kier alpha value is -3.01. The molecule has 2 aromatic heterocycles. The lowest BCUT2D eigenvalue weighted by molar-refractivity contribution is -0.140. The van der Waals surface area contributed by atoms with Crippen molar-refractivity contribution in [2.24, 2.45) is 0 Å². The third kappa shape index (κ3) is 3.99. The lowest BCUT2D eigenvalue weighted by Gasteiger charge is -2.16. The second kappa shape index (κ2) is 7.92. The van der Waals surface area contributed by atoms with E-state index in [4.69, 9.17) is 4.74 Å². The first-order chi connectivity index (χ1) is 14.7. The van der Waals surface area contributed by atoms with Gasteiger partial charge in [0, 0.05) is 17.1 Å². The zero-order valence-corrected chi connectivity index (χ0v) is 17.1. The molecule has 162 valence electrons. The molecule has 2 heterocycles. The summed E-state index contributed by atoms with van der Waals surface area (Å²) in [6.45, 7) is 1.58. The Morgan fingerprint density at radius 3 is 2.52 bits per heavy atom. The van der Waals surface area contributed by atoms with Gasteiger partial charge in [-0.15, -0.1) is 0 Å². The van der Waals surface area contributed by atoms with E-state index in [9.17, 15) is 27.0 Å². The van der Waals surface area contributed by atoms with Gasteiger partial charge in [-0.25, -0.2) is 14.0 Å². The van der Waals surface area contributed by atoms with Crippen LogP contribution in [-0.4, -0.2) is 26.3 Å². The summed E-state index contributed by atoms with van der Waals surface area (Å²) in [5, 5.41) is -1.04. The van der Waals surface area contributed by atoms with Crippen LogP contribution < -0.4 is 5.43 Å². The smallest absolute Gasteiger partial charge is 0.419 e. The Balaban J connectivity index is 2.03. The second-order valence-electron chi connectivity index (χ2n) is 7.02. The van der Waals surface area contributed by atoms with Crippen molar-refractivity contribution in [1.29, 1.82) is 0 Å². The molecular weight excluding hydrogens is 433 g/mol. The lowest BCUT2D eigenvalue weighted by atomic mass is 10.1. The molecule has 0 bridgehead atoms. The third-order valence-electron chi connectivity index (χ3n) is 4.84. The molecule has 1 unspecified atom stereocenters. The van der Waals surface area contributed by atoms with Crippen LogP contribution in [0.2, 0.25) is 0 Å². The first kappa shape index (κ1) is 21.2. The van der Waals surface area contributed by atoms with Crippen LogP contribution in [0, 0.1) is 0 Å². The number of fused-ring (bicyclic) bond motifs is 1. The van der Waals surface area contributed by atoms with E-state index in [0.29, 0.717) is 6.07 Å². The van der Waals surface area contributed by atoms with Crippen LogP contribution in [0.15, 0.2) is 57.3 Å². The van der Waals surface area contributed by atoms with E-state index in [2.05, 4.69) is 4.98 Å². The third-order valence-corrected chi connectivity index (χ3v) is 6.21. The molecule has 1 aromatic carbocycles. The number of benzene rings is 1. The molecule has 0 radical (unpaired) electrons. The molecule has 1 aliphatic rings. The molecule has 0 saturated heterocycles. The van der Waals surface area contributed by atoms with Crippen LogP contribution in [0.25, 0.3) is 11.0 Å². The molecule has 31 heavy (non-hydrogen) atoms. The van der Waals surface area contributed by atoms with E-state index in [0.717, 1.165) is 12.8 Å². The topological polar surface area (TPSA) is 78.3 Å². The maximum Gasteiger partial charge on any atom is 0.419 e. The number of rotatable bonds is 5. The number of ether oxygens (including phenoxy) is 1. The molecule has 6 nitrogen and oxygen atoms in total. The highest BCUT2D eigenvalue weighted by atomic mass is 32.2. The predicted octanol–water partition coefficient (Wildman–Crippen LogP) is 4.09. The highest BCUT2D eigenvalue weighted by Crippen LogP contribution is 2.39. The number of hydrogen-bond donors (Lipinski definition) is 0. The summed E-state index contributed by atoms with van der Waals surface area (Å²) >= 11 is 0. The highest BCUT2D eigenvalue weighted by Gasteiger charge is 2.38. The van der Waals surface area contributed by atoms with Gasteiger partial charge in [0.05, 0.1) is 17.6 Å². The van der Waals surface area contributed by atoms with Crippen molar-refractivity contribution in [3.8, 4) is 0 Å². The molecule has 1 saturated carbocycles. The first-order valence-electron chi connectivity index (χ1n) is 9.53. The molecule has 1 atom stereocenters. The van der Waals surface area contributed by atoms with Crippen molar-refractivity contribution in [2.45, 2.75) is 41.9 Å². The second-order valence-corrected chi connectivity index (χ2v) is 8.42. The van der Waals surface area contributed by atoms with E-state index in [-0.39, 0.29) is 34.1 Å². The van der Waals surface area contributed by atoms with Crippen LogP contribution in [0.5, 0.6) is 0 Å². The van der Waals surface area contributed by atoms with Crippen LogP contribution in [0.1, 0.15) is 41.7 Å². The van der Waals surface area contributed by atoms with Gasteiger partial charge in [-0.2, -0.15) is 13.2 Å². The van der Waals surface area contributed by atoms with Crippen molar-refractivity contribution < 1.29 is 26.9 Å². The zero-order valence-electron chi connectivity index (χ0n) is 16.3. The largest absolute Gasteiger partial charge is 0.462 e. The Labute approximate surface area is 177 Å². The monoisotopic (exact) mass is 450 g/mol. The van der Waals surface area contributed by atoms with E-state index >= 15 is 0 Å². The van der Waals surface area contributed by atoms with Crippen LogP contribution in [0.4, 0.5) is 13.2 Å². The van der Waals surface area contributed by atoms with Gasteiger partial charge in [0.1, 0.15) is 27.0 Å². The van der Waals surface area contributed by atoms with Crippen LogP contribution in [-0.2, 0) is 21.7 Å². The normalized spacial score (nSPS) is 15.1.